The Morgan fingerprint density at radius 3 is 2.40 bits per heavy atom. The summed E-state index contributed by atoms with van der Waals surface area (Å²) in [5.41, 5.74) is 2.81. The molecule has 2 aromatic rings. The minimum absolute atomic E-state index is 0.0521. The molecule has 130 valence electrons. The van der Waals surface area contributed by atoms with Gasteiger partial charge >= 0.3 is 0 Å². The van der Waals surface area contributed by atoms with Crippen LogP contribution in [-0.4, -0.2) is 18.9 Å². The van der Waals surface area contributed by atoms with Crippen molar-refractivity contribution in [2.24, 2.45) is 5.92 Å². The molecule has 0 bridgehead atoms. The molecule has 0 aromatic heterocycles. The number of hydrogen-bond donors (Lipinski definition) is 2. The quantitative estimate of drug-likeness (QED) is 0.671. The molecule has 0 radical (unpaired) electrons. The van der Waals surface area contributed by atoms with Gasteiger partial charge in [0, 0.05) is 22.9 Å². The van der Waals surface area contributed by atoms with Crippen LogP contribution in [0, 0.1) is 16.4 Å². The van der Waals surface area contributed by atoms with Crippen molar-refractivity contribution in [2.45, 2.75) is 19.8 Å². The van der Waals surface area contributed by atoms with Crippen molar-refractivity contribution < 1.29 is 14.3 Å². The van der Waals surface area contributed by atoms with Gasteiger partial charge in [0.1, 0.15) is 5.75 Å². The molecule has 0 heterocycles. The van der Waals surface area contributed by atoms with Gasteiger partial charge in [0.2, 0.25) is 5.91 Å². The highest BCUT2D eigenvalue weighted by Gasteiger charge is 2.29. The van der Waals surface area contributed by atoms with Crippen molar-refractivity contribution >= 4 is 45.8 Å². The maximum atomic E-state index is 12.5. The molecule has 5 nitrogen and oxygen atoms in total. The van der Waals surface area contributed by atoms with Crippen molar-refractivity contribution in [3.05, 3.63) is 51.1 Å². The number of methoxy groups -OCH3 is 1. The van der Waals surface area contributed by atoms with Crippen molar-refractivity contribution in [1.29, 1.82) is 0 Å². The Morgan fingerprint density at radius 1 is 1.12 bits per heavy atom. The molecule has 2 aromatic carbocycles. The van der Waals surface area contributed by atoms with E-state index in [2.05, 4.69) is 33.2 Å². The first-order valence-electron chi connectivity index (χ1n) is 8.05. The second-order valence-corrected chi connectivity index (χ2v) is 7.21. The van der Waals surface area contributed by atoms with Gasteiger partial charge in [0.05, 0.1) is 10.7 Å². The maximum absolute atomic E-state index is 12.5. The van der Waals surface area contributed by atoms with E-state index in [1.54, 1.807) is 25.3 Å². The lowest BCUT2D eigenvalue weighted by Crippen LogP contribution is -2.16. The third kappa shape index (κ3) is 4.12. The van der Waals surface area contributed by atoms with Crippen LogP contribution < -0.4 is 15.4 Å². The van der Waals surface area contributed by atoms with Crippen LogP contribution in [0.2, 0.25) is 0 Å². The average Bonchev–Trinajstić information content (AvgIpc) is 3.43. The van der Waals surface area contributed by atoms with Gasteiger partial charge in [-0.1, -0.05) is 6.07 Å². The molecule has 1 fully saturated rings. The first kappa shape index (κ1) is 17.7. The Hall–Kier alpha value is -2.09. The average molecular weight is 450 g/mol. The van der Waals surface area contributed by atoms with E-state index in [0.717, 1.165) is 33.4 Å². The number of carbonyl (C=O) groups is 2. The number of amides is 2. The van der Waals surface area contributed by atoms with Crippen molar-refractivity contribution in [3.63, 3.8) is 0 Å². The molecule has 2 N–H and O–H groups in total. The van der Waals surface area contributed by atoms with Crippen LogP contribution in [0.15, 0.2) is 36.4 Å². The van der Waals surface area contributed by atoms with Crippen LogP contribution in [0.3, 0.4) is 0 Å². The number of ether oxygens (including phenoxy) is 1. The molecule has 1 aliphatic rings. The summed E-state index contributed by atoms with van der Waals surface area (Å²) >= 11 is 2.14. The molecule has 3 rings (SSSR count). The van der Waals surface area contributed by atoms with E-state index in [1.807, 2.05) is 25.1 Å². The van der Waals surface area contributed by atoms with Gasteiger partial charge in [0.15, 0.2) is 0 Å². The Balaban J connectivity index is 1.76. The number of carbonyl (C=O) groups excluding carboxylic acids is 2. The Bertz CT molecular complexity index is 831. The topological polar surface area (TPSA) is 67.4 Å². The summed E-state index contributed by atoms with van der Waals surface area (Å²) < 4.78 is 6.09. The maximum Gasteiger partial charge on any atom is 0.255 e. The lowest BCUT2D eigenvalue weighted by molar-refractivity contribution is -0.117. The van der Waals surface area contributed by atoms with Gasteiger partial charge in [-0.05, 0) is 78.3 Å². The lowest BCUT2D eigenvalue weighted by Gasteiger charge is -2.14. The zero-order valence-corrected chi connectivity index (χ0v) is 16.2. The van der Waals surface area contributed by atoms with Crippen molar-refractivity contribution in [3.8, 4) is 5.75 Å². The summed E-state index contributed by atoms with van der Waals surface area (Å²) in [7, 11) is 1.60. The van der Waals surface area contributed by atoms with E-state index < -0.39 is 0 Å². The van der Waals surface area contributed by atoms with Gasteiger partial charge in [-0.15, -0.1) is 0 Å². The highest BCUT2D eigenvalue weighted by atomic mass is 127. The van der Waals surface area contributed by atoms with E-state index in [1.165, 1.54) is 0 Å². The summed E-state index contributed by atoms with van der Waals surface area (Å²) in [5.74, 6) is 0.725. The number of rotatable bonds is 5. The monoisotopic (exact) mass is 450 g/mol. The normalized spacial score (nSPS) is 13.2. The van der Waals surface area contributed by atoms with Gasteiger partial charge in [-0.3, -0.25) is 9.59 Å². The molecule has 2 amide bonds. The SMILES string of the molecule is COc1ccc(C(=O)Nc2cccc(NC(=O)C3CC3)c2C)cc1I. The summed E-state index contributed by atoms with van der Waals surface area (Å²) in [6.07, 6.45) is 1.91. The highest BCUT2D eigenvalue weighted by molar-refractivity contribution is 14.1. The number of halogens is 1. The predicted molar refractivity (Wildman–Crippen MR) is 106 cm³/mol. The molecule has 1 aliphatic carbocycles. The van der Waals surface area contributed by atoms with E-state index in [9.17, 15) is 9.59 Å². The van der Waals surface area contributed by atoms with Gasteiger partial charge < -0.3 is 15.4 Å². The van der Waals surface area contributed by atoms with Crippen LogP contribution >= 0.6 is 22.6 Å². The molecule has 25 heavy (non-hydrogen) atoms. The Kier molecular flexibility index (Phi) is 5.27. The summed E-state index contributed by atoms with van der Waals surface area (Å²) in [6, 6.07) is 10.8. The first-order valence-corrected chi connectivity index (χ1v) is 9.13. The van der Waals surface area contributed by atoms with Crippen LogP contribution in [0.1, 0.15) is 28.8 Å². The second kappa shape index (κ2) is 7.43. The van der Waals surface area contributed by atoms with Gasteiger partial charge in [-0.25, -0.2) is 0 Å². The fraction of sp³-hybridized carbons (Fsp3) is 0.263. The predicted octanol–water partition coefficient (Wildman–Crippen LogP) is 4.21. The third-order valence-electron chi connectivity index (χ3n) is 4.20. The standard InChI is InChI=1S/C19H19IN2O3/c1-11-15(21-18(23)12-6-7-12)4-3-5-16(11)22-19(24)13-8-9-17(25-2)14(20)10-13/h3-5,8-10,12H,6-7H2,1-2H3,(H,21,23)(H,22,24). The van der Waals surface area contributed by atoms with Crippen molar-refractivity contribution in [2.75, 3.05) is 17.7 Å². The number of hydrogen-bond acceptors (Lipinski definition) is 3. The zero-order valence-electron chi connectivity index (χ0n) is 14.1. The third-order valence-corrected chi connectivity index (χ3v) is 5.05. The largest absolute Gasteiger partial charge is 0.496 e. The van der Waals surface area contributed by atoms with Crippen molar-refractivity contribution in [1.82, 2.24) is 0 Å². The second-order valence-electron chi connectivity index (χ2n) is 6.05. The molecule has 0 atom stereocenters. The first-order chi connectivity index (χ1) is 12.0. The number of nitrogens with one attached hydrogen (secondary N) is 2. The Labute approximate surface area is 160 Å². The minimum atomic E-state index is -0.200. The molecule has 0 saturated heterocycles. The minimum Gasteiger partial charge on any atom is -0.496 e. The lowest BCUT2D eigenvalue weighted by atomic mass is 10.1. The molecular formula is C19H19IN2O3. The van der Waals surface area contributed by atoms with Gasteiger partial charge in [0.25, 0.3) is 5.91 Å². The molecular weight excluding hydrogens is 431 g/mol. The highest BCUT2D eigenvalue weighted by Crippen LogP contribution is 2.32. The molecule has 0 spiro atoms. The van der Waals surface area contributed by atoms with Crippen LogP contribution in [0.4, 0.5) is 11.4 Å². The van der Waals surface area contributed by atoms with E-state index in [-0.39, 0.29) is 17.7 Å². The smallest absolute Gasteiger partial charge is 0.255 e. The fourth-order valence-corrected chi connectivity index (χ4v) is 3.22. The van der Waals surface area contributed by atoms with E-state index >= 15 is 0 Å². The Morgan fingerprint density at radius 2 is 1.80 bits per heavy atom. The molecule has 0 aliphatic heterocycles. The molecule has 6 heteroatoms. The summed E-state index contributed by atoms with van der Waals surface area (Å²) in [5, 5.41) is 5.86. The summed E-state index contributed by atoms with van der Waals surface area (Å²) in [6.45, 7) is 1.88. The van der Waals surface area contributed by atoms with Gasteiger partial charge in [-0.2, -0.15) is 0 Å². The van der Waals surface area contributed by atoms with E-state index in [0.29, 0.717) is 11.3 Å². The summed E-state index contributed by atoms with van der Waals surface area (Å²) in [4.78, 5) is 24.5. The van der Waals surface area contributed by atoms with E-state index in [4.69, 9.17) is 4.74 Å². The van der Waals surface area contributed by atoms with Crippen LogP contribution in [0.25, 0.3) is 0 Å². The van der Waals surface area contributed by atoms with Crippen LogP contribution in [0.5, 0.6) is 5.75 Å². The molecule has 1 saturated carbocycles. The fourth-order valence-electron chi connectivity index (χ4n) is 2.49. The number of benzene rings is 2. The van der Waals surface area contributed by atoms with Crippen LogP contribution in [-0.2, 0) is 4.79 Å². The number of anilines is 2. The zero-order chi connectivity index (χ0) is 18.0. The molecule has 0 unspecified atom stereocenters.